The number of amides is 4. The molecule has 0 aromatic heterocycles. The third kappa shape index (κ3) is 10.4. The van der Waals surface area contributed by atoms with Crippen LogP contribution in [0.1, 0.15) is 55.8 Å². The maximum Gasteiger partial charge on any atom is 0.407 e. The molecule has 2 aromatic rings. The van der Waals surface area contributed by atoms with Gasteiger partial charge in [0.1, 0.15) is 12.1 Å². The van der Waals surface area contributed by atoms with E-state index >= 15 is 0 Å². The first kappa shape index (κ1) is 34.6. The summed E-state index contributed by atoms with van der Waals surface area (Å²) in [4.78, 5) is 63.8. The molecule has 238 valence electrons. The van der Waals surface area contributed by atoms with Gasteiger partial charge in [0.25, 0.3) is 0 Å². The van der Waals surface area contributed by atoms with E-state index in [1.54, 1.807) is 24.3 Å². The van der Waals surface area contributed by atoms with Crippen molar-refractivity contribution in [3.63, 3.8) is 0 Å². The fourth-order valence-electron chi connectivity index (χ4n) is 5.36. The number of hydrogen-bond acceptors (Lipinski definition) is 6. The maximum absolute atomic E-state index is 13.1. The lowest BCUT2D eigenvalue weighted by Crippen LogP contribution is -2.53. The van der Waals surface area contributed by atoms with E-state index in [0.29, 0.717) is 19.3 Å². The fourth-order valence-corrected chi connectivity index (χ4v) is 5.52. The van der Waals surface area contributed by atoms with Gasteiger partial charge in [0, 0.05) is 19.0 Å². The minimum Gasteiger partial charge on any atom is -0.467 e. The number of benzene rings is 2. The summed E-state index contributed by atoms with van der Waals surface area (Å²) in [5, 5.41) is 18.4. The van der Waals surface area contributed by atoms with Gasteiger partial charge in [-0.05, 0) is 41.9 Å². The summed E-state index contributed by atoms with van der Waals surface area (Å²) in [5.74, 6) is -1.45. The minimum absolute atomic E-state index is 0.0444. The van der Waals surface area contributed by atoms with Gasteiger partial charge < -0.3 is 30.7 Å². The van der Waals surface area contributed by atoms with Crippen LogP contribution in [0.5, 0.6) is 0 Å². The number of nitrogens with one attached hydrogen (secondary N) is 3. The van der Waals surface area contributed by atoms with Crippen LogP contribution < -0.4 is 16.0 Å². The van der Waals surface area contributed by atoms with Crippen molar-refractivity contribution < 1.29 is 33.8 Å². The van der Waals surface area contributed by atoms with Crippen molar-refractivity contribution in [1.29, 1.82) is 0 Å². The third-order valence-electron chi connectivity index (χ3n) is 7.51. The number of halogens is 1. The number of methoxy groups -OCH3 is 1. The average Bonchev–Trinajstić information content (AvgIpc) is 3.00. The van der Waals surface area contributed by atoms with Gasteiger partial charge in [0.05, 0.1) is 24.9 Å². The Hall–Kier alpha value is -3.93. The molecule has 44 heavy (non-hydrogen) atoms. The van der Waals surface area contributed by atoms with Crippen LogP contribution in [0.25, 0.3) is 0 Å². The summed E-state index contributed by atoms with van der Waals surface area (Å²) in [5.41, 5.74) is 2.38. The van der Waals surface area contributed by atoms with Crippen molar-refractivity contribution in [1.82, 2.24) is 20.9 Å². The van der Waals surface area contributed by atoms with Crippen molar-refractivity contribution in [3.8, 4) is 0 Å². The summed E-state index contributed by atoms with van der Waals surface area (Å²) in [6.07, 6.45) is 0.663. The molecule has 4 atom stereocenters. The number of carbonyl (C=O) groups is 5. The Balaban J connectivity index is 1.70. The number of carboxylic acid groups (broad SMARTS) is 1. The Bertz CT molecular complexity index is 1290. The van der Waals surface area contributed by atoms with E-state index in [9.17, 15) is 29.1 Å². The zero-order chi connectivity index (χ0) is 32.2. The van der Waals surface area contributed by atoms with E-state index in [0.717, 1.165) is 16.7 Å². The molecule has 1 saturated heterocycles. The number of esters is 1. The van der Waals surface area contributed by atoms with Gasteiger partial charge in [-0.3, -0.25) is 14.4 Å². The van der Waals surface area contributed by atoms with Crippen LogP contribution in [-0.2, 0) is 36.8 Å². The second-order valence-electron chi connectivity index (χ2n) is 11.4. The molecule has 0 aliphatic carbocycles. The Labute approximate surface area is 266 Å². The Morgan fingerprint density at radius 3 is 2.23 bits per heavy atom. The van der Waals surface area contributed by atoms with E-state index in [1.165, 1.54) is 12.0 Å². The molecule has 0 saturated carbocycles. The molecule has 2 aromatic carbocycles. The second kappa shape index (κ2) is 16.8. The van der Waals surface area contributed by atoms with Crippen molar-refractivity contribution in [2.24, 2.45) is 5.92 Å². The zero-order valence-electron chi connectivity index (χ0n) is 25.3. The highest BCUT2D eigenvalue weighted by Crippen LogP contribution is 2.31. The van der Waals surface area contributed by atoms with E-state index in [4.69, 9.17) is 4.74 Å². The predicted molar refractivity (Wildman–Crippen MR) is 168 cm³/mol. The van der Waals surface area contributed by atoms with Gasteiger partial charge in [-0.15, -0.1) is 0 Å². The fraction of sp³-hybridized carbons (Fsp3) is 0.469. The smallest absolute Gasteiger partial charge is 0.407 e. The molecule has 12 heteroatoms. The van der Waals surface area contributed by atoms with Crippen LogP contribution in [0.3, 0.4) is 0 Å². The van der Waals surface area contributed by atoms with E-state index in [1.807, 2.05) is 44.2 Å². The van der Waals surface area contributed by atoms with Crippen LogP contribution in [0.2, 0.25) is 0 Å². The summed E-state index contributed by atoms with van der Waals surface area (Å²) < 4.78 is 4.93. The molecule has 3 rings (SSSR count). The summed E-state index contributed by atoms with van der Waals surface area (Å²) in [6.45, 7) is 4.13. The average molecular weight is 674 g/mol. The number of carbonyl (C=O) groups excluding carboxylic acids is 4. The topological polar surface area (TPSA) is 154 Å². The normalized spacial score (nSPS) is 17.7. The first-order valence-electron chi connectivity index (χ1n) is 14.7. The van der Waals surface area contributed by atoms with Crippen molar-refractivity contribution in [2.45, 2.75) is 70.1 Å². The molecule has 4 amide bonds. The molecule has 4 N–H and O–H groups in total. The number of ether oxygens (including phenoxy) is 1. The Morgan fingerprint density at radius 2 is 1.64 bits per heavy atom. The van der Waals surface area contributed by atoms with Crippen LogP contribution in [0.4, 0.5) is 4.79 Å². The zero-order valence-corrected chi connectivity index (χ0v) is 26.8. The maximum atomic E-state index is 13.1. The molecule has 1 aliphatic heterocycles. The van der Waals surface area contributed by atoms with Crippen LogP contribution in [-0.4, -0.2) is 76.9 Å². The second-order valence-corrected chi connectivity index (χ2v) is 11.9. The molecule has 1 aliphatic rings. The summed E-state index contributed by atoms with van der Waals surface area (Å²) in [6, 6.07) is 14.1. The molecule has 1 heterocycles. The van der Waals surface area contributed by atoms with Gasteiger partial charge in [-0.25, -0.2) is 9.59 Å². The summed E-state index contributed by atoms with van der Waals surface area (Å²) in [7, 11) is 1.24. The molecule has 2 unspecified atom stereocenters. The highest BCUT2D eigenvalue weighted by atomic mass is 79.9. The van der Waals surface area contributed by atoms with Crippen LogP contribution >= 0.6 is 15.9 Å². The molecular weight excluding hydrogens is 632 g/mol. The largest absolute Gasteiger partial charge is 0.467 e. The lowest BCUT2D eigenvalue weighted by Gasteiger charge is -2.38. The van der Waals surface area contributed by atoms with E-state index < -0.39 is 36.1 Å². The third-order valence-corrected chi connectivity index (χ3v) is 8.02. The summed E-state index contributed by atoms with van der Waals surface area (Å²) >= 11 is 3.09. The molecule has 0 radical (unpaired) electrons. The molecule has 1 fully saturated rings. The van der Waals surface area contributed by atoms with Crippen molar-refractivity contribution in [2.75, 3.05) is 19.0 Å². The highest BCUT2D eigenvalue weighted by Gasteiger charge is 2.34. The van der Waals surface area contributed by atoms with Gasteiger partial charge in [0.2, 0.25) is 17.7 Å². The number of alkyl halides is 1. The van der Waals surface area contributed by atoms with Crippen LogP contribution in [0.15, 0.2) is 54.6 Å². The van der Waals surface area contributed by atoms with E-state index in [-0.39, 0.29) is 48.5 Å². The quantitative estimate of drug-likeness (QED) is 0.188. The van der Waals surface area contributed by atoms with Gasteiger partial charge >= 0.3 is 12.1 Å². The highest BCUT2D eigenvalue weighted by molar-refractivity contribution is 9.09. The first-order valence-corrected chi connectivity index (χ1v) is 15.8. The van der Waals surface area contributed by atoms with Gasteiger partial charge in [-0.2, -0.15) is 0 Å². The van der Waals surface area contributed by atoms with Crippen molar-refractivity contribution in [3.05, 3.63) is 71.3 Å². The number of likely N-dealkylation sites (tertiary alicyclic amines) is 1. The molecule has 11 nitrogen and oxygen atoms in total. The molecular formula is C32H41BrN4O7. The van der Waals surface area contributed by atoms with Crippen LogP contribution in [0, 0.1) is 5.92 Å². The monoisotopic (exact) mass is 672 g/mol. The Morgan fingerprint density at radius 1 is 0.955 bits per heavy atom. The lowest BCUT2D eigenvalue weighted by atomic mass is 9.91. The number of hydrogen-bond donors (Lipinski definition) is 4. The Kier molecular flexibility index (Phi) is 13.2. The van der Waals surface area contributed by atoms with Gasteiger partial charge in [-0.1, -0.05) is 84.4 Å². The molecule has 0 bridgehead atoms. The number of rotatable bonds is 13. The minimum atomic E-state index is -1.04. The number of piperidine rings is 1. The van der Waals surface area contributed by atoms with Gasteiger partial charge in [0.15, 0.2) is 0 Å². The van der Waals surface area contributed by atoms with Crippen molar-refractivity contribution >= 4 is 45.7 Å². The standard InChI is InChI=1S/C32H41BrN4O7/c1-20(2)15-25(35-29(39)19-33)30(40)36-26(31(41)44-3)16-22-9-11-23(12-10-22)27-18-24(13-14-37(27)32(42)43)34-28(38)17-21-7-5-4-6-8-21/h4-12,20,24-27H,13-19H2,1-3H3,(H,34,38)(H,35,39)(H,36,40)(H,42,43)/t24?,25-,26-,27?/m0/s1. The number of nitrogens with zero attached hydrogens (tertiary/aromatic N) is 1. The lowest BCUT2D eigenvalue weighted by molar-refractivity contribution is -0.145. The SMILES string of the molecule is COC(=O)[C@H](Cc1ccc(C2CC(NC(=O)Cc3ccccc3)CCN2C(=O)O)cc1)NC(=O)[C@H](CC(C)C)NC(=O)CBr. The first-order chi connectivity index (χ1) is 21.0. The van der Waals surface area contributed by atoms with E-state index in [2.05, 4.69) is 31.9 Å². The molecule has 0 spiro atoms. The predicted octanol–water partition coefficient (Wildman–Crippen LogP) is 3.36.